The van der Waals surface area contributed by atoms with Crippen molar-refractivity contribution >= 4 is 15.9 Å². The van der Waals surface area contributed by atoms with Gasteiger partial charge >= 0.3 is 0 Å². The first-order valence-corrected chi connectivity index (χ1v) is 8.95. The Kier molecular flexibility index (Phi) is 4.97. The molecule has 1 aliphatic carbocycles. The molecule has 1 amide bonds. The average molecular weight is 328 g/mol. The van der Waals surface area contributed by atoms with Crippen LogP contribution in [0, 0.1) is 5.92 Å². The summed E-state index contributed by atoms with van der Waals surface area (Å²) in [6.45, 7) is 0.372. The normalized spacial score (nSPS) is 21.7. The van der Waals surface area contributed by atoms with E-state index < -0.39 is 10.0 Å². The summed E-state index contributed by atoms with van der Waals surface area (Å²) >= 11 is 0. The number of hydrogen-bond donors (Lipinski definition) is 2. The number of hydrogen-bond acceptors (Lipinski definition) is 5. The number of nitrogens with zero attached hydrogens (tertiary/aromatic N) is 2. The number of rotatable bonds is 5. The first kappa shape index (κ1) is 16.6. The summed E-state index contributed by atoms with van der Waals surface area (Å²) in [4.78, 5) is 23.3. The van der Waals surface area contributed by atoms with Crippen LogP contribution in [-0.2, 0) is 17.1 Å². The fourth-order valence-electron chi connectivity index (χ4n) is 2.65. The van der Waals surface area contributed by atoms with Crippen LogP contribution in [0.1, 0.15) is 29.8 Å². The van der Waals surface area contributed by atoms with E-state index in [4.69, 9.17) is 0 Å². The Balaban J connectivity index is 1.95. The van der Waals surface area contributed by atoms with Gasteiger partial charge in [0, 0.05) is 25.7 Å². The molecule has 0 radical (unpaired) electrons. The maximum atomic E-state index is 12.0. The van der Waals surface area contributed by atoms with Gasteiger partial charge in [0.05, 0.1) is 6.26 Å². The predicted octanol–water partition coefficient (Wildman–Crippen LogP) is -0.772. The van der Waals surface area contributed by atoms with Gasteiger partial charge in [-0.05, 0) is 24.8 Å². The predicted molar refractivity (Wildman–Crippen MR) is 80.9 cm³/mol. The number of carbonyl (C=O) groups is 1. The summed E-state index contributed by atoms with van der Waals surface area (Å²) in [7, 11) is -1.78. The maximum absolute atomic E-state index is 12.0. The highest BCUT2D eigenvalue weighted by Gasteiger charge is 2.29. The topological polar surface area (TPSA) is 110 Å². The minimum atomic E-state index is -3.25. The first-order chi connectivity index (χ1) is 10.3. The third-order valence-electron chi connectivity index (χ3n) is 3.74. The van der Waals surface area contributed by atoms with Crippen LogP contribution in [0.4, 0.5) is 0 Å². The van der Waals surface area contributed by atoms with Crippen molar-refractivity contribution in [1.29, 1.82) is 0 Å². The number of carbonyl (C=O) groups excluding carboxylic acids is 1. The van der Waals surface area contributed by atoms with E-state index in [0.717, 1.165) is 30.2 Å². The molecule has 122 valence electrons. The Morgan fingerprint density at radius 1 is 1.41 bits per heavy atom. The van der Waals surface area contributed by atoms with Crippen molar-refractivity contribution in [1.82, 2.24) is 19.8 Å². The molecule has 1 aromatic heterocycles. The summed E-state index contributed by atoms with van der Waals surface area (Å²) in [5, 5.41) is 6.63. The van der Waals surface area contributed by atoms with E-state index in [1.165, 1.54) is 19.2 Å². The Morgan fingerprint density at radius 2 is 2.14 bits per heavy atom. The lowest BCUT2D eigenvalue weighted by atomic mass is 10.0. The molecule has 1 fully saturated rings. The molecule has 2 atom stereocenters. The van der Waals surface area contributed by atoms with Crippen molar-refractivity contribution in [2.45, 2.75) is 25.3 Å². The van der Waals surface area contributed by atoms with Crippen molar-refractivity contribution in [2.24, 2.45) is 13.0 Å². The quantitative estimate of drug-likeness (QED) is 0.737. The van der Waals surface area contributed by atoms with Crippen molar-refractivity contribution in [2.75, 3.05) is 12.8 Å². The molecule has 1 saturated carbocycles. The highest BCUT2D eigenvalue weighted by atomic mass is 32.2. The van der Waals surface area contributed by atoms with E-state index in [1.54, 1.807) is 0 Å². The van der Waals surface area contributed by atoms with Crippen molar-refractivity contribution in [3.63, 3.8) is 0 Å². The Hall–Kier alpha value is -1.74. The molecule has 22 heavy (non-hydrogen) atoms. The molecule has 0 aromatic carbocycles. The number of aryl methyl sites for hydroxylation is 1. The lowest BCUT2D eigenvalue weighted by Gasteiger charge is -2.20. The van der Waals surface area contributed by atoms with Crippen LogP contribution in [0.2, 0.25) is 0 Å². The molecule has 1 heterocycles. The summed E-state index contributed by atoms with van der Waals surface area (Å²) in [6, 6.07) is 2.51. The van der Waals surface area contributed by atoms with Crippen molar-refractivity contribution in [3.05, 3.63) is 28.2 Å². The molecule has 1 aromatic rings. The van der Waals surface area contributed by atoms with E-state index >= 15 is 0 Å². The molecule has 9 heteroatoms. The molecule has 0 saturated heterocycles. The summed E-state index contributed by atoms with van der Waals surface area (Å²) in [5.74, 6) is -0.313. The standard InChI is InChI=1S/C13H20N4O4S/c1-17-12(18)7-6-11(15-17)13(19)14-8-9-4-3-5-10(9)16-22(2,20)21/h6-7,9-10,16H,3-5,8H2,1-2H3,(H,14,19). The lowest BCUT2D eigenvalue weighted by molar-refractivity contribution is 0.0939. The van der Waals surface area contributed by atoms with Gasteiger partial charge in [0.25, 0.3) is 11.5 Å². The number of nitrogens with one attached hydrogen (secondary N) is 2. The Morgan fingerprint density at radius 3 is 2.77 bits per heavy atom. The zero-order valence-electron chi connectivity index (χ0n) is 12.6. The van der Waals surface area contributed by atoms with E-state index in [9.17, 15) is 18.0 Å². The lowest BCUT2D eigenvalue weighted by Crippen LogP contribution is -2.41. The van der Waals surface area contributed by atoms with Crippen LogP contribution < -0.4 is 15.6 Å². The van der Waals surface area contributed by atoms with Crippen LogP contribution in [0.5, 0.6) is 0 Å². The second-order valence-electron chi connectivity index (χ2n) is 5.58. The third kappa shape index (κ3) is 4.38. The maximum Gasteiger partial charge on any atom is 0.271 e. The summed E-state index contributed by atoms with van der Waals surface area (Å²) in [5.41, 5.74) is -0.127. The van der Waals surface area contributed by atoms with Gasteiger partial charge in [-0.25, -0.2) is 17.8 Å². The molecule has 0 bridgehead atoms. The Labute approximate surface area is 129 Å². The van der Waals surface area contributed by atoms with Gasteiger partial charge in [0.2, 0.25) is 10.0 Å². The van der Waals surface area contributed by atoms with Crippen LogP contribution >= 0.6 is 0 Å². The van der Waals surface area contributed by atoms with Crippen LogP contribution in [0.15, 0.2) is 16.9 Å². The summed E-state index contributed by atoms with van der Waals surface area (Å²) in [6.07, 6.45) is 3.68. The number of amides is 1. The molecular weight excluding hydrogens is 308 g/mol. The second-order valence-corrected chi connectivity index (χ2v) is 7.36. The molecule has 2 N–H and O–H groups in total. The van der Waals surface area contributed by atoms with E-state index in [0.29, 0.717) is 6.54 Å². The van der Waals surface area contributed by atoms with Gasteiger partial charge in [-0.1, -0.05) is 6.42 Å². The summed E-state index contributed by atoms with van der Waals surface area (Å²) < 4.78 is 26.3. The van der Waals surface area contributed by atoms with Gasteiger partial charge in [-0.15, -0.1) is 0 Å². The largest absolute Gasteiger partial charge is 0.350 e. The van der Waals surface area contributed by atoms with E-state index in [2.05, 4.69) is 15.1 Å². The molecular formula is C13H20N4O4S. The third-order valence-corrected chi connectivity index (χ3v) is 4.47. The van der Waals surface area contributed by atoms with Crippen LogP contribution in [0.3, 0.4) is 0 Å². The fourth-order valence-corrected chi connectivity index (χ4v) is 3.51. The number of aromatic nitrogens is 2. The minimum absolute atomic E-state index is 0.0613. The fraction of sp³-hybridized carbons (Fsp3) is 0.615. The first-order valence-electron chi connectivity index (χ1n) is 7.06. The van der Waals surface area contributed by atoms with E-state index in [1.807, 2.05) is 0 Å². The highest BCUT2D eigenvalue weighted by Crippen LogP contribution is 2.25. The molecule has 8 nitrogen and oxygen atoms in total. The molecule has 1 aliphatic rings. The molecule has 0 aliphatic heterocycles. The van der Waals surface area contributed by atoms with E-state index in [-0.39, 0.29) is 29.1 Å². The smallest absolute Gasteiger partial charge is 0.271 e. The zero-order valence-corrected chi connectivity index (χ0v) is 13.4. The van der Waals surface area contributed by atoms with Crippen LogP contribution in [-0.4, -0.2) is 42.9 Å². The van der Waals surface area contributed by atoms with Gasteiger partial charge < -0.3 is 5.32 Å². The average Bonchev–Trinajstić information content (AvgIpc) is 2.84. The Bertz CT molecular complexity index is 713. The zero-order chi connectivity index (χ0) is 16.3. The van der Waals surface area contributed by atoms with Gasteiger partial charge in [-0.3, -0.25) is 9.59 Å². The highest BCUT2D eigenvalue weighted by molar-refractivity contribution is 7.88. The van der Waals surface area contributed by atoms with Crippen LogP contribution in [0.25, 0.3) is 0 Å². The van der Waals surface area contributed by atoms with Gasteiger partial charge in [0.1, 0.15) is 5.69 Å². The molecule has 2 rings (SSSR count). The molecule has 0 spiro atoms. The monoisotopic (exact) mass is 328 g/mol. The minimum Gasteiger partial charge on any atom is -0.350 e. The van der Waals surface area contributed by atoms with Gasteiger partial charge in [-0.2, -0.15) is 5.10 Å². The SMILES string of the molecule is Cn1nc(C(=O)NCC2CCCC2NS(C)(=O)=O)ccc1=O. The van der Waals surface area contributed by atoms with Gasteiger partial charge in [0.15, 0.2) is 0 Å². The second kappa shape index (κ2) is 6.57. The number of sulfonamides is 1. The van der Waals surface area contributed by atoms with Crippen molar-refractivity contribution < 1.29 is 13.2 Å². The molecule has 2 unspecified atom stereocenters. The van der Waals surface area contributed by atoms with Crippen molar-refractivity contribution in [3.8, 4) is 0 Å².